The number of anilines is 1. The molecule has 0 amide bonds. The van der Waals surface area contributed by atoms with Crippen molar-refractivity contribution in [2.75, 3.05) is 24.5 Å². The van der Waals surface area contributed by atoms with Crippen molar-refractivity contribution < 1.29 is 8.78 Å². The van der Waals surface area contributed by atoms with Crippen molar-refractivity contribution in [1.82, 2.24) is 5.32 Å². The van der Waals surface area contributed by atoms with Crippen molar-refractivity contribution in [3.05, 3.63) is 29.8 Å². The number of nitrogens with zero attached hydrogens (tertiary/aromatic N) is 1. The van der Waals surface area contributed by atoms with Crippen molar-refractivity contribution in [3.8, 4) is 0 Å². The molecule has 18 heavy (non-hydrogen) atoms. The van der Waals surface area contributed by atoms with Gasteiger partial charge in [0, 0.05) is 24.7 Å². The Labute approximate surface area is 107 Å². The number of rotatable bonds is 2. The van der Waals surface area contributed by atoms with Gasteiger partial charge in [-0.15, -0.1) is 0 Å². The van der Waals surface area contributed by atoms with Crippen molar-refractivity contribution in [2.45, 2.75) is 32.2 Å². The molecule has 2 nitrogen and oxygen atoms in total. The summed E-state index contributed by atoms with van der Waals surface area (Å²) in [7, 11) is 0. The predicted octanol–water partition coefficient (Wildman–Crippen LogP) is 2.93. The highest BCUT2D eigenvalue weighted by Crippen LogP contribution is 2.25. The molecule has 1 fully saturated rings. The third-order valence-electron chi connectivity index (χ3n) is 3.73. The average molecular weight is 254 g/mol. The summed E-state index contributed by atoms with van der Waals surface area (Å²) in [5.74, 6) is -1.00. The van der Waals surface area contributed by atoms with Gasteiger partial charge >= 0.3 is 0 Å². The van der Waals surface area contributed by atoms with E-state index in [1.54, 1.807) is 0 Å². The Morgan fingerprint density at radius 1 is 1.39 bits per heavy atom. The van der Waals surface area contributed by atoms with Crippen LogP contribution in [-0.4, -0.2) is 25.2 Å². The van der Waals surface area contributed by atoms with E-state index in [1.807, 2.05) is 4.90 Å². The van der Waals surface area contributed by atoms with Crippen LogP contribution in [-0.2, 0) is 0 Å². The molecule has 1 N–H and O–H groups in total. The first-order chi connectivity index (χ1) is 8.54. The summed E-state index contributed by atoms with van der Waals surface area (Å²) in [6.07, 6.45) is 1.94. The Kier molecular flexibility index (Phi) is 3.85. The third-order valence-corrected chi connectivity index (χ3v) is 3.73. The first-order valence-electron chi connectivity index (χ1n) is 6.49. The van der Waals surface area contributed by atoms with Gasteiger partial charge in [-0.25, -0.2) is 8.78 Å². The lowest BCUT2D eigenvalue weighted by molar-refractivity contribution is 0.365. The molecule has 1 aromatic rings. The fourth-order valence-electron chi connectivity index (χ4n) is 2.40. The Bertz CT molecular complexity index is 422. The number of benzene rings is 1. The van der Waals surface area contributed by atoms with Gasteiger partial charge in [0.25, 0.3) is 0 Å². The summed E-state index contributed by atoms with van der Waals surface area (Å²) < 4.78 is 26.8. The zero-order chi connectivity index (χ0) is 13.2. The van der Waals surface area contributed by atoms with E-state index in [0.29, 0.717) is 5.69 Å². The highest BCUT2D eigenvalue weighted by atomic mass is 19.1. The van der Waals surface area contributed by atoms with Crippen molar-refractivity contribution in [2.24, 2.45) is 0 Å². The number of hydrogen-bond acceptors (Lipinski definition) is 2. The Balaban J connectivity index is 2.25. The van der Waals surface area contributed by atoms with Crippen LogP contribution in [0.2, 0.25) is 0 Å². The fraction of sp³-hybridized carbons (Fsp3) is 0.571. The minimum atomic E-state index is -0.526. The van der Waals surface area contributed by atoms with E-state index in [1.165, 1.54) is 12.1 Å². The van der Waals surface area contributed by atoms with Crippen LogP contribution in [0.3, 0.4) is 0 Å². The summed E-state index contributed by atoms with van der Waals surface area (Å²) in [6, 6.07) is 3.81. The second-order valence-electron chi connectivity index (χ2n) is 5.21. The molecule has 1 unspecified atom stereocenters. The SMILES string of the molecule is CCC1(C)CN(c2ccc(F)cc2F)CCCN1. The van der Waals surface area contributed by atoms with Gasteiger partial charge in [-0.3, -0.25) is 0 Å². The smallest absolute Gasteiger partial charge is 0.149 e. The molecule has 100 valence electrons. The van der Waals surface area contributed by atoms with Crippen molar-refractivity contribution in [1.29, 1.82) is 0 Å². The molecule has 0 aromatic heterocycles. The van der Waals surface area contributed by atoms with Gasteiger partial charge in [0.1, 0.15) is 11.6 Å². The largest absolute Gasteiger partial charge is 0.367 e. The van der Waals surface area contributed by atoms with Crippen LogP contribution in [0.25, 0.3) is 0 Å². The maximum absolute atomic E-state index is 13.8. The summed E-state index contributed by atoms with van der Waals surface area (Å²) in [6.45, 7) is 6.74. The molecule has 1 aliphatic heterocycles. The molecule has 0 aliphatic carbocycles. The Morgan fingerprint density at radius 3 is 2.83 bits per heavy atom. The number of nitrogens with one attached hydrogen (secondary N) is 1. The molecule has 1 atom stereocenters. The number of halogens is 2. The van der Waals surface area contributed by atoms with Gasteiger partial charge in [-0.05, 0) is 38.4 Å². The van der Waals surface area contributed by atoms with Crippen LogP contribution < -0.4 is 10.2 Å². The standard InChI is InChI=1S/C14H20F2N2/c1-3-14(2)10-18(8-4-7-17-14)13-6-5-11(15)9-12(13)16/h5-6,9,17H,3-4,7-8,10H2,1-2H3. The van der Waals surface area contributed by atoms with Crippen molar-refractivity contribution in [3.63, 3.8) is 0 Å². The van der Waals surface area contributed by atoms with Crippen LogP contribution in [0.1, 0.15) is 26.7 Å². The highest BCUT2D eigenvalue weighted by molar-refractivity contribution is 5.48. The van der Waals surface area contributed by atoms with E-state index in [9.17, 15) is 8.78 Å². The molecule has 4 heteroatoms. The lowest BCUT2D eigenvalue weighted by atomic mass is 9.98. The van der Waals surface area contributed by atoms with E-state index in [0.717, 1.165) is 38.5 Å². The first-order valence-corrected chi connectivity index (χ1v) is 6.49. The van der Waals surface area contributed by atoms with Gasteiger partial charge < -0.3 is 10.2 Å². The molecule has 2 rings (SSSR count). The molecular formula is C14H20F2N2. The van der Waals surface area contributed by atoms with Gasteiger partial charge in [-0.2, -0.15) is 0 Å². The number of hydrogen-bond donors (Lipinski definition) is 1. The highest BCUT2D eigenvalue weighted by Gasteiger charge is 2.28. The molecule has 1 heterocycles. The van der Waals surface area contributed by atoms with Gasteiger partial charge in [0.2, 0.25) is 0 Å². The van der Waals surface area contributed by atoms with Gasteiger partial charge in [-0.1, -0.05) is 6.92 Å². The van der Waals surface area contributed by atoms with Gasteiger partial charge in [0.15, 0.2) is 0 Å². The molecule has 0 radical (unpaired) electrons. The Morgan fingerprint density at radius 2 is 2.17 bits per heavy atom. The minimum Gasteiger partial charge on any atom is -0.367 e. The second-order valence-corrected chi connectivity index (χ2v) is 5.21. The van der Waals surface area contributed by atoms with Crippen molar-refractivity contribution >= 4 is 5.69 Å². The summed E-state index contributed by atoms with van der Waals surface area (Å²) in [5, 5.41) is 3.50. The van der Waals surface area contributed by atoms with Crippen LogP contribution in [0.4, 0.5) is 14.5 Å². The monoisotopic (exact) mass is 254 g/mol. The zero-order valence-corrected chi connectivity index (χ0v) is 11.0. The van der Waals surface area contributed by atoms with Crippen LogP contribution in [0.15, 0.2) is 18.2 Å². The molecule has 1 aromatic carbocycles. The second kappa shape index (κ2) is 5.22. The molecule has 0 bridgehead atoms. The minimum absolute atomic E-state index is 0.0165. The maximum atomic E-state index is 13.8. The van der Waals surface area contributed by atoms with Crippen LogP contribution >= 0.6 is 0 Å². The first kappa shape index (κ1) is 13.3. The molecule has 0 spiro atoms. The summed E-state index contributed by atoms with van der Waals surface area (Å²) >= 11 is 0. The molecule has 1 aliphatic rings. The molecular weight excluding hydrogens is 234 g/mol. The summed E-state index contributed by atoms with van der Waals surface area (Å²) in [5.41, 5.74) is 0.483. The predicted molar refractivity (Wildman–Crippen MR) is 69.9 cm³/mol. The fourth-order valence-corrected chi connectivity index (χ4v) is 2.40. The maximum Gasteiger partial charge on any atom is 0.149 e. The molecule has 1 saturated heterocycles. The lowest BCUT2D eigenvalue weighted by Crippen LogP contribution is -2.48. The van der Waals surface area contributed by atoms with E-state index in [-0.39, 0.29) is 5.54 Å². The van der Waals surface area contributed by atoms with E-state index < -0.39 is 11.6 Å². The topological polar surface area (TPSA) is 15.3 Å². The average Bonchev–Trinajstić information content (AvgIpc) is 2.52. The molecule has 0 saturated carbocycles. The van der Waals surface area contributed by atoms with E-state index in [4.69, 9.17) is 0 Å². The van der Waals surface area contributed by atoms with E-state index in [2.05, 4.69) is 19.2 Å². The van der Waals surface area contributed by atoms with E-state index >= 15 is 0 Å². The normalized spacial score (nSPS) is 25.0. The Hall–Kier alpha value is -1.16. The van der Waals surface area contributed by atoms with Gasteiger partial charge in [0.05, 0.1) is 5.69 Å². The lowest BCUT2D eigenvalue weighted by Gasteiger charge is -2.34. The van der Waals surface area contributed by atoms with Crippen LogP contribution in [0.5, 0.6) is 0 Å². The quantitative estimate of drug-likeness (QED) is 0.873. The zero-order valence-electron chi connectivity index (χ0n) is 11.0. The third kappa shape index (κ3) is 2.80. The summed E-state index contributed by atoms with van der Waals surface area (Å²) in [4.78, 5) is 2.01. The van der Waals surface area contributed by atoms with Crippen LogP contribution in [0, 0.1) is 11.6 Å².